The highest BCUT2D eigenvalue weighted by atomic mass is 35.5. The zero-order valence-corrected chi connectivity index (χ0v) is 25.7. The predicted molar refractivity (Wildman–Crippen MR) is 167 cm³/mol. The van der Waals surface area contributed by atoms with Gasteiger partial charge in [-0.25, -0.2) is 9.55 Å². The van der Waals surface area contributed by atoms with Gasteiger partial charge in [0.25, 0.3) is 17.4 Å². The molecule has 2 amide bonds. The Balaban J connectivity index is 1.40. The highest BCUT2D eigenvalue weighted by Crippen LogP contribution is 2.35. The highest BCUT2D eigenvalue weighted by Gasteiger charge is 2.32. The van der Waals surface area contributed by atoms with E-state index >= 15 is 0 Å². The van der Waals surface area contributed by atoms with E-state index in [1.54, 1.807) is 54.4 Å². The van der Waals surface area contributed by atoms with Crippen LogP contribution >= 0.6 is 23.2 Å². The summed E-state index contributed by atoms with van der Waals surface area (Å²) in [6, 6.07) is 16.6. The van der Waals surface area contributed by atoms with Gasteiger partial charge >= 0.3 is 0 Å². The minimum Gasteiger partial charge on any atom is -0.454 e. The quantitative estimate of drug-likeness (QED) is 0.293. The molecular formula is C32H29Cl2N5O5. The number of nitrogens with one attached hydrogen (secondary N) is 2. The van der Waals surface area contributed by atoms with Crippen LogP contribution in [0.25, 0.3) is 5.69 Å². The van der Waals surface area contributed by atoms with Gasteiger partial charge in [-0.2, -0.15) is 0 Å². The fourth-order valence-corrected chi connectivity index (χ4v) is 5.73. The number of aromatic nitrogens is 2. The molecule has 0 aliphatic carbocycles. The lowest BCUT2D eigenvalue weighted by Crippen LogP contribution is -2.46. The number of fused-ring (bicyclic) bond motifs is 2. The number of hydrogen-bond acceptors (Lipinski definition) is 7. The van der Waals surface area contributed by atoms with Crippen molar-refractivity contribution in [3.05, 3.63) is 109 Å². The molecule has 226 valence electrons. The average molecular weight is 635 g/mol. The summed E-state index contributed by atoms with van der Waals surface area (Å²) in [5, 5.41) is 6.65. The van der Waals surface area contributed by atoms with E-state index in [1.807, 2.05) is 32.0 Å². The van der Waals surface area contributed by atoms with Gasteiger partial charge in [-0.3, -0.25) is 14.4 Å². The summed E-state index contributed by atoms with van der Waals surface area (Å²) in [5.41, 5.74) is 3.06. The van der Waals surface area contributed by atoms with Crippen molar-refractivity contribution in [1.82, 2.24) is 19.8 Å². The first-order valence-electron chi connectivity index (χ1n) is 14.0. The number of nitrogens with zero attached hydrogens (tertiary/aromatic N) is 3. The van der Waals surface area contributed by atoms with Crippen LogP contribution < -0.4 is 25.7 Å². The monoisotopic (exact) mass is 633 g/mol. The molecule has 1 unspecified atom stereocenters. The van der Waals surface area contributed by atoms with Crippen LogP contribution in [0, 0.1) is 0 Å². The van der Waals surface area contributed by atoms with Crippen LogP contribution in [0.2, 0.25) is 10.0 Å². The molecule has 3 heterocycles. The molecule has 1 aromatic heterocycles. The molecule has 4 aromatic rings. The van der Waals surface area contributed by atoms with Gasteiger partial charge in [0.1, 0.15) is 0 Å². The Bertz CT molecular complexity index is 1840. The van der Waals surface area contributed by atoms with Gasteiger partial charge < -0.3 is 25.0 Å². The molecule has 2 aliphatic heterocycles. The molecule has 10 nitrogen and oxygen atoms in total. The fraction of sp³-hybridized carbons (Fsp3) is 0.250. The molecule has 0 radical (unpaired) electrons. The first kappa shape index (κ1) is 29.5. The number of carbonyl (C=O) groups excluding carboxylic acids is 2. The molecule has 44 heavy (non-hydrogen) atoms. The zero-order valence-electron chi connectivity index (χ0n) is 24.2. The summed E-state index contributed by atoms with van der Waals surface area (Å²) in [5.74, 6) is 1.13. The largest absolute Gasteiger partial charge is 0.454 e. The van der Waals surface area contributed by atoms with Crippen LogP contribution in [0.1, 0.15) is 57.4 Å². The molecule has 6 rings (SSSR count). The Morgan fingerprint density at radius 1 is 0.977 bits per heavy atom. The van der Waals surface area contributed by atoms with Crippen molar-refractivity contribution >= 4 is 41.0 Å². The van der Waals surface area contributed by atoms with E-state index in [2.05, 4.69) is 10.6 Å². The number of anilines is 1. The standard InChI is InChI=1S/C32H29Cl2N5O5/c1-17-12-23-26(15-38(17)30(41)21-6-10-24(33)25(34)13-21)37-32(36-18(2)20-7-11-27-28(14-20)44-16-43-27)39(31(23)42)22-8-4-19(5-9-22)29(40)35-3/h4-11,13-14,17-18H,12,15-16H2,1-3H3,(H,35,40)(H,36,37)/t17-,18?/m1/s1. The summed E-state index contributed by atoms with van der Waals surface area (Å²) in [6.45, 7) is 4.14. The third-order valence-electron chi connectivity index (χ3n) is 7.90. The van der Waals surface area contributed by atoms with Crippen LogP contribution in [0.5, 0.6) is 11.5 Å². The lowest BCUT2D eigenvalue weighted by atomic mass is 9.98. The van der Waals surface area contributed by atoms with E-state index in [-0.39, 0.29) is 47.8 Å². The highest BCUT2D eigenvalue weighted by molar-refractivity contribution is 6.42. The zero-order chi connectivity index (χ0) is 31.1. The number of benzene rings is 3. The van der Waals surface area contributed by atoms with Crippen LogP contribution in [0.3, 0.4) is 0 Å². The lowest BCUT2D eigenvalue weighted by molar-refractivity contribution is 0.0653. The molecule has 3 aromatic carbocycles. The van der Waals surface area contributed by atoms with Gasteiger partial charge in [0.2, 0.25) is 12.7 Å². The Labute approximate surface area is 263 Å². The van der Waals surface area contributed by atoms with Crippen LogP contribution in [0.15, 0.2) is 65.5 Å². The maximum absolute atomic E-state index is 14.2. The van der Waals surface area contributed by atoms with Gasteiger partial charge in [-0.05, 0) is 80.4 Å². The Morgan fingerprint density at radius 2 is 1.70 bits per heavy atom. The molecule has 2 atom stereocenters. The maximum atomic E-state index is 14.2. The number of halogens is 2. The van der Waals surface area contributed by atoms with Gasteiger partial charge in [0.15, 0.2) is 11.5 Å². The number of ether oxygens (including phenoxy) is 2. The van der Waals surface area contributed by atoms with Gasteiger partial charge in [-0.15, -0.1) is 0 Å². The SMILES string of the molecule is CNC(=O)c1ccc(-n2c(NC(C)c3ccc4c(c3)OCO4)nc3c(c2=O)C[C@@H](C)N(C(=O)c2ccc(Cl)c(Cl)c2)C3)cc1. The molecule has 0 bridgehead atoms. The molecule has 0 fully saturated rings. The van der Waals surface area contributed by atoms with Crippen molar-refractivity contribution in [3.63, 3.8) is 0 Å². The normalized spacial score (nSPS) is 15.8. The second kappa shape index (κ2) is 11.9. The fourth-order valence-electron chi connectivity index (χ4n) is 5.43. The number of carbonyl (C=O) groups is 2. The number of rotatable bonds is 6. The van der Waals surface area contributed by atoms with Crippen molar-refractivity contribution in [2.75, 3.05) is 19.2 Å². The summed E-state index contributed by atoms with van der Waals surface area (Å²) in [6.07, 6.45) is 0.308. The molecule has 0 saturated heterocycles. The van der Waals surface area contributed by atoms with E-state index in [0.29, 0.717) is 57.0 Å². The van der Waals surface area contributed by atoms with Gasteiger partial charge in [-0.1, -0.05) is 29.3 Å². The van der Waals surface area contributed by atoms with E-state index in [4.69, 9.17) is 37.7 Å². The third-order valence-corrected chi connectivity index (χ3v) is 8.64. The Morgan fingerprint density at radius 3 is 2.43 bits per heavy atom. The molecule has 2 N–H and O–H groups in total. The summed E-state index contributed by atoms with van der Waals surface area (Å²) in [7, 11) is 1.56. The van der Waals surface area contributed by atoms with E-state index < -0.39 is 0 Å². The Kier molecular flexibility index (Phi) is 7.96. The Hall–Kier alpha value is -4.54. The minimum atomic E-state index is -0.290. The van der Waals surface area contributed by atoms with Gasteiger partial charge in [0, 0.05) is 29.8 Å². The summed E-state index contributed by atoms with van der Waals surface area (Å²) >= 11 is 12.3. The first-order valence-corrected chi connectivity index (χ1v) is 14.8. The molecule has 2 aliphatic rings. The van der Waals surface area contributed by atoms with Crippen molar-refractivity contribution in [3.8, 4) is 17.2 Å². The number of amides is 2. The lowest BCUT2D eigenvalue weighted by Gasteiger charge is -2.35. The first-order chi connectivity index (χ1) is 21.1. The van der Waals surface area contributed by atoms with Crippen LogP contribution in [0.4, 0.5) is 5.95 Å². The molecule has 0 spiro atoms. The topological polar surface area (TPSA) is 115 Å². The number of hydrogen-bond donors (Lipinski definition) is 2. The van der Waals surface area contributed by atoms with E-state index in [1.165, 1.54) is 4.57 Å². The summed E-state index contributed by atoms with van der Waals surface area (Å²) < 4.78 is 12.5. The maximum Gasteiger partial charge on any atom is 0.263 e. The predicted octanol–water partition coefficient (Wildman–Crippen LogP) is 5.39. The minimum absolute atomic E-state index is 0.133. The van der Waals surface area contributed by atoms with Crippen molar-refractivity contribution in [1.29, 1.82) is 0 Å². The average Bonchev–Trinajstić information content (AvgIpc) is 3.50. The van der Waals surface area contributed by atoms with Gasteiger partial charge in [0.05, 0.1) is 34.0 Å². The smallest absolute Gasteiger partial charge is 0.263 e. The van der Waals surface area contributed by atoms with Crippen LogP contribution in [-0.4, -0.2) is 46.1 Å². The van der Waals surface area contributed by atoms with E-state index in [9.17, 15) is 14.4 Å². The molecule has 0 saturated carbocycles. The van der Waals surface area contributed by atoms with Crippen molar-refractivity contribution < 1.29 is 19.1 Å². The van der Waals surface area contributed by atoms with E-state index in [0.717, 1.165) is 5.56 Å². The van der Waals surface area contributed by atoms with Crippen LogP contribution in [-0.2, 0) is 13.0 Å². The summed E-state index contributed by atoms with van der Waals surface area (Å²) in [4.78, 5) is 46.5. The molecule has 12 heteroatoms. The van der Waals surface area contributed by atoms with Crippen molar-refractivity contribution in [2.24, 2.45) is 0 Å². The third kappa shape index (κ3) is 5.46. The second-order valence-electron chi connectivity index (χ2n) is 10.7. The molecular weight excluding hydrogens is 605 g/mol. The second-order valence-corrected chi connectivity index (χ2v) is 11.5. The van der Waals surface area contributed by atoms with Crippen molar-refractivity contribution in [2.45, 2.75) is 38.9 Å².